The summed E-state index contributed by atoms with van der Waals surface area (Å²) in [6.45, 7) is 12.4. The summed E-state index contributed by atoms with van der Waals surface area (Å²) in [5, 5.41) is 3.52. The number of esters is 1. The third-order valence-corrected chi connectivity index (χ3v) is 5.02. The number of ether oxygens (including phenoxy) is 1. The molecule has 0 aromatic heterocycles. The van der Waals surface area contributed by atoms with Crippen molar-refractivity contribution in [2.75, 3.05) is 13.2 Å². The van der Waals surface area contributed by atoms with Gasteiger partial charge in [-0.1, -0.05) is 6.92 Å². The van der Waals surface area contributed by atoms with E-state index in [0.717, 1.165) is 25.2 Å². The zero-order valence-electron chi connectivity index (χ0n) is 14.3. The molecule has 1 saturated carbocycles. The summed E-state index contributed by atoms with van der Waals surface area (Å²) in [5.74, 6) is 0.719. The molecule has 0 aromatic carbocycles. The van der Waals surface area contributed by atoms with Gasteiger partial charge in [-0.3, -0.25) is 15.0 Å². The lowest BCUT2D eigenvalue weighted by Crippen LogP contribution is -2.54. The lowest BCUT2D eigenvalue weighted by atomic mass is 9.96. The normalized spacial score (nSPS) is 37.3. The fourth-order valence-electron chi connectivity index (χ4n) is 4.34. The maximum atomic E-state index is 12.5. The van der Waals surface area contributed by atoms with Gasteiger partial charge in [-0.2, -0.15) is 0 Å². The van der Waals surface area contributed by atoms with E-state index < -0.39 is 5.54 Å². The third-order valence-electron chi connectivity index (χ3n) is 5.02. The summed E-state index contributed by atoms with van der Waals surface area (Å²) in [7, 11) is 0. The Hall–Kier alpha value is -0.610. The van der Waals surface area contributed by atoms with Gasteiger partial charge >= 0.3 is 5.97 Å². The third kappa shape index (κ3) is 3.59. The van der Waals surface area contributed by atoms with Crippen molar-refractivity contribution in [3.05, 3.63) is 0 Å². The van der Waals surface area contributed by atoms with Crippen LogP contribution in [-0.4, -0.2) is 47.7 Å². The molecule has 0 amide bonds. The second kappa shape index (κ2) is 6.66. The van der Waals surface area contributed by atoms with E-state index in [1.54, 1.807) is 0 Å². The minimum Gasteiger partial charge on any atom is -0.465 e. The molecule has 4 atom stereocenters. The van der Waals surface area contributed by atoms with Crippen LogP contribution in [-0.2, 0) is 9.53 Å². The average molecular weight is 296 g/mol. The Kier molecular flexibility index (Phi) is 5.31. The molecule has 4 unspecified atom stereocenters. The van der Waals surface area contributed by atoms with E-state index in [1.807, 2.05) is 6.92 Å². The Morgan fingerprint density at radius 1 is 1.43 bits per heavy atom. The van der Waals surface area contributed by atoms with Gasteiger partial charge in [0.15, 0.2) is 0 Å². The summed E-state index contributed by atoms with van der Waals surface area (Å²) in [6, 6.07) is 1.45. The molecule has 4 nitrogen and oxygen atoms in total. The van der Waals surface area contributed by atoms with Gasteiger partial charge in [-0.25, -0.2) is 0 Å². The fourth-order valence-corrected chi connectivity index (χ4v) is 4.34. The van der Waals surface area contributed by atoms with Crippen LogP contribution in [0.15, 0.2) is 0 Å². The van der Waals surface area contributed by atoms with Crippen LogP contribution in [0.3, 0.4) is 0 Å². The molecular formula is C17H32N2O2. The average Bonchev–Trinajstić information content (AvgIpc) is 2.93. The van der Waals surface area contributed by atoms with E-state index >= 15 is 0 Å². The minimum atomic E-state index is -0.472. The zero-order valence-corrected chi connectivity index (χ0v) is 14.3. The first-order chi connectivity index (χ1) is 9.88. The van der Waals surface area contributed by atoms with Gasteiger partial charge in [0.05, 0.1) is 6.61 Å². The molecular weight excluding hydrogens is 264 g/mol. The molecule has 0 radical (unpaired) electrons. The van der Waals surface area contributed by atoms with Crippen molar-refractivity contribution < 1.29 is 9.53 Å². The number of hydrogen-bond acceptors (Lipinski definition) is 4. The Labute approximate surface area is 129 Å². The predicted octanol–water partition coefficient (Wildman–Crippen LogP) is 2.57. The van der Waals surface area contributed by atoms with Crippen LogP contribution in [0.1, 0.15) is 60.3 Å². The molecule has 1 aliphatic heterocycles. The van der Waals surface area contributed by atoms with Gasteiger partial charge in [0.2, 0.25) is 0 Å². The SMILES string of the molecule is CCOC(=O)C1(NC(C)C)CCC(N2CC(C)CC2C)C1. The van der Waals surface area contributed by atoms with Crippen LogP contribution in [0, 0.1) is 5.92 Å². The van der Waals surface area contributed by atoms with Crippen molar-refractivity contribution in [3.8, 4) is 0 Å². The first-order valence-corrected chi connectivity index (χ1v) is 8.58. The van der Waals surface area contributed by atoms with Gasteiger partial charge in [-0.15, -0.1) is 0 Å². The van der Waals surface area contributed by atoms with Gasteiger partial charge < -0.3 is 4.74 Å². The molecule has 21 heavy (non-hydrogen) atoms. The molecule has 1 N–H and O–H groups in total. The van der Waals surface area contributed by atoms with Gasteiger partial charge in [-0.05, 0) is 59.3 Å². The number of carbonyl (C=O) groups excluding carboxylic acids is 1. The highest BCUT2D eigenvalue weighted by atomic mass is 16.5. The van der Waals surface area contributed by atoms with Crippen LogP contribution in [0.5, 0.6) is 0 Å². The number of carbonyl (C=O) groups is 1. The molecule has 1 aliphatic carbocycles. The van der Waals surface area contributed by atoms with Crippen molar-refractivity contribution in [1.29, 1.82) is 0 Å². The highest BCUT2D eigenvalue weighted by Crippen LogP contribution is 2.38. The monoisotopic (exact) mass is 296 g/mol. The molecule has 0 aromatic rings. The summed E-state index contributed by atoms with van der Waals surface area (Å²) in [6.07, 6.45) is 4.16. The van der Waals surface area contributed by atoms with Crippen molar-refractivity contribution in [3.63, 3.8) is 0 Å². The van der Waals surface area contributed by atoms with Crippen molar-refractivity contribution in [2.45, 2.75) is 84.0 Å². The molecule has 0 bridgehead atoms. The Bertz CT molecular complexity index is 372. The Morgan fingerprint density at radius 3 is 2.67 bits per heavy atom. The van der Waals surface area contributed by atoms with E-state index in [-0.39, 0.29) is 5.97 Å². The first-order valence-electron chi connectivity index (χ1n) is 8.58. The Balaban J connectivity index is 2.09. The largest absolute Gasteiger partial charge is 0.465 e. The standard InChI is InChI=1S/C17H32N2O2/c1-6-21-16(20)17(18-12(2)3)8-7-15(10-17)19-11-13(4)9-14(19)5/h12-15,18H,6-11H2,1-5H3. The number of hydrogen-bond donors (Lipinski definition) is 1. The van der Waals surface area contributed by atoms with Crippen LogP contribution >= 0.6 is 0 Å². The summed E-state index contributed by atoms with van der Waals surface area (Å²) in [5.41, 5.74) is -0.472. The van der Waals surface area contributed by atoms with E-state index in [1.165, 1.54) is 13.0 Å². The number of likely N-dealkylation sites (tertiary alicyclic amines) is 1. The summed E-state index contributed by atoms with van der Waals surface area (Å²) >= 11 is 0. The summed E-state index contributed by atoms with van der Waals surface area (Å²) < 4.78 is 5.37. The minimum absolute atomic E-state index is 0.0545. The maximum Gasteiger partial charge on any atom is 0.326 e. The lowest BCUT2D eigenvalue weighted by molar-refractivity contribution is -0.151. The molecule has 4 heteroatoms. The highest BCUT2D eigenvalue weighted by Gasteiger charge is 2.49. The molecule has 122 valence electrons. The van der Waals surface area contributed by atoms with Gasteiger partial charge in [0, 0.05) is 24.7 Å². The van der Waals surface area contributed by atoms with Crippen molar-refractivity contribution in [2.24, 2.45) is 5.92 Å². The van der Waals surface area contributed by atoms with Gasteiger partial charge in [0.1, 0.15) is 5.54 Å². The van der Waals surface area contributed by atoms with E-state index in [0.29, 0.717) is 24.7 Å². The van der Waals surface area contributed by atoms with Crippen LogP contribution in [0.4, 0.5) is 0 Å². The maximum absolute atomic E-state index is 12.5. The molecule has 2 fully saturated rings. The molecule has 0 spiro atoms. The molecule has 1 heterocycles. The number of nitrogens with one attached hydrogen (secondary N) is 1. The van der Waals surface area contributed by atoms with Crippen molar-refractivity contribution >= 4 is 5.97 Å². The van der Waals surface area contributed by atoms with Crippen LogP contribution in [0.2, 0.25) is 0 Å². The predicted molar refractivity (Wildman–Crippen MR) is 85.2 cm³/mol. The Morgan fingerprint density at radius 2 is 2.14 bits per heavy atom. The molecule has 2 aliphatic rings. The fraction of sp³-hybridized carbons (Fsp3) is 0.941. The first kappa shape index (κ1) is 16.8. The second-order valence-corrected chi connectivity index (χ2v) is 7.38. The quantitative estimate of drug-likeness (QED) is 0.792. The molecule has 1 saturated heterocycles. The van der Waals surface area contributed by atoms with E-state index in [9.17, 15) is 4.79 Å². The van der Waals surface area contributed by atoms with Crippen molar-refractivity contribution in [1.82, 2.24) is 10.2 Å². The topological polar surface area (TPSA) is 41.6 Å². The van der Waals surface area contributed by atoms with Gasteiger partial charge in [0.25, 0.3) is 0 Å². The summed E-state index contributed by atoms with van der Waals surface area (Å²) in [4.78, 5) is 15.1. The number of rotatable bonds is 5. The lowest BCUT2D eigenvalue weighted by Gasteiger charge is -2.33. The van der Waals surface area contributed by atoms with Crippen LogP contribution in [0.25, 0.3) is 0 Å². The van der Waals surface area contributed by atoms with E-state index in [4.69, 9.17) is 4.74 Å². The smallest absolute Gasteiger partial charge is 0.326 e. The second-order valence-electron chi connectivity index (χ2n) is 7.38. The van der Waals surface area contributed by atoms with Crippen LogP contribution < -0.4 is 5.32 Å². The van der Waals surface area contributed by atoms with E-state index in [2.05, 4.69) is 37.9 Å². The highest BCUT2D eigenvalue weighted by molar-refractivity contribution is 5.81. The number of nitrogens with zero attached hydrogens (tertiary/aromatic N) is 1. The zero-order chi connectivity index (χ0) is 15.6. The molecule has 2 rings (SSSR count).